The summed E-state index contributed by atoms with van der Waals surface area (Å²) >= 11 is 0. The van der Waals surface area contributed by atoms with Crippen molar-refractivity contribution in [2.24, 2.45) is 0 Å². The molecule has 3 atom stereocenters. The molecule has 2 aliphatic rings. The zero-order chi connectivity index (χ0) is 25.7. The molecule has 4 rings (SSSR count). The summed E-state index contributed by atoms with van der Waals surface area (Å²) in [6, 6.07) is 13.1. The summed E-state index contributed by atoms with van der Waals surface area (Å²) in [4.78, 5) is 52.6. The fraction of sp³-hybridized carbons (Fsp3) is 0.400. The van der Waals surface area contributed by atoms with Crippen LogP contribution in [-0.4, -0.2) is 67.6 Å². The molecular formula is C25H27N3O7S. The van der Waals surface area contributed by atoms with E-state index in [0.717, 1.165) is 5.56 Å². The lowest BCUT2D eigenvalue weighted by atomic mass is 10.1. The number of Topliss-reactive ketones (excluding diaryl/α,β-unsaturated/α-hetero) is 1. The molecule has 2 fully saturated rings. The third-order valence-electron chi connectivity index (χ3n) is 6.47. The Balaban J connectivity index is 1.37. The van der Waals surface area contributed by atoms with E-state index in [-0.39, 0.29) is 29.7 Å². The summed E-state index contributed by atoms with van der Waals surface area (Å²) in [5.41, 5.74) is 0.720. The molecule has 0 spiro atoms. The van der Waals surface area contributed by atoms with Crippen LogP contribution in [0, 0.1) is 10.1 Å². The van der Waals surface area contributed by atoms with Crippen LogP contribution in [0.2, 0.25) is 0 Å². The molecule has 190 valence electrons. The minimum atomic E-state index is -1.69. The monoisotopic (exact) mass is 513 g/mol. The Labute approximate surface area is 210 Å². The Kier molecular flexibility index (Phi) is 8.09. The van der Waals surface area contributed by atoms with Crippen molar-refractivity contribution in [2.45, 2.75) is 49.3 Å². The summed E-state index contributed by atoms with van der Waals surface area (Å²) in [5.74, 6) is -0.908. The molecule has 0 radical (unpaired) electrons. The first-order valence-corrected chi connectivity index (χ1v) is 13.1. The zero-order valence-electron chi connectivity index (χ0n) is 19.6. The third-order valence-corrected chi connectivity index (χ3v) is 7.81. The van der Waals surface area contributed by atoms with Gasteiger partial charge >= 0.3 is 6.09 Å². The minimum absolute atomic E-state index is 0.108. The zero-order valence-corrected chi connectivity index (χ0v) is 20.4. The number of nitro benzene ring substituents is 1. The van der Waals surface area contributed by atoms with Crippen molar-refractivity contribution >= 4 is 34.3 Å². The number of ether oxygens (including phenoxy) is 1. The normalized spacial score (nSPS) is 20.2. The topological polar surface area (TPSA) is 127 Å². The van der Waals surface area contributed by atoms with Gasteiger partial charge in [0.15, 0.2) is 5.78 Å². The van der Waals surface area contributed by atoms with Crippen molar-refractivity contribution < 1.29 is 28.3 Å². The standard InChI is InChI=1S/C25H27N3O7S/c29-23(17-36(34)20-12-10-19(11-13-20)28(32)33)21-8-4-14-26(21)24(30)22-9-5-15-27(22)25(31)35-16-18-6-2-1-3-7-18/h1-3,6-7,10-13,21-22H,4-5,8-9,14-17H2/t21-,22-,36?/m0/s1. The molecule has 0 aromatic heterocycles. The highest BCUT2D eigenvalue weighted by molar-refractivity contribution is 7.85. The lowest BCUT2D eigenvalue weighted by Gasteiger charge is -2.30. The number of ketones is 1. The van der Waals surface area contributed by atoms with Gasteiger partial charge in [-0.15, -0.1) is 0 Å². The molecule has 0 N–H and O–H groups in total. The van der Waals surface area contributed by atoms with E-state index in [0.29, 0.717) is 43.7 Å². The van der Waals surface area contributed by atoms with E-state index < -0.39 is 33.9 Å². The maximum atomic E-state index is 13.4. The van der Waals surface area contributed by atoms with Gasteiger partial charge in [0.25, 0.3) is 5.69 Å². The van der Waals surface area contributed by atoms with Crippen LogP contribution in [0.1, 0.15) is 31.2 Å². The fourth-order valence-corrected chi connectivity index (χ4v) is 5.69. The van der Waals surface area contributed by atoms with E-state index >= 15 is 0 Å². The number of benzene rings is 2. The van der Waals surface area contributed by atoms with Crippen LogP contribution in [0.5, 0.6) is 0 Å². The molecule has 2 amide bonds. The van der Waals surface area contributed by atoms with Gasteiger partial charge in [-0.25, -0.2) is 4.79 Å². The number of amides is 2. The average molecular weight is 514 g/mol. The number of carbonyl (C=O) groups excluding carboxylic acids is 3. The number of non-ortho nitro benzene ring substituents is 1. The molecule has 2 aliphatic heterocycles. The Morgan fingerprint density at radius 3 is 2.25 bits per heavy atom. The number of rotatable bonds is 8. The van der Waals surface area contributed by atoms with Gasteiger partial charge in [-0.3, -0.25) is 28.8 Å². The van der Waals surface area contributed by atoms with Gasteiger partial charge in [0, 0.05) is 30.1 Å². The van der Waals surface area contributed by atoms with Crippen LogP contribution in [0.3, 0.4) is 0 Å². The second-order valence-electron chi connectivity index (χ2n) is 8.79. The first-order valence-electron chi connectivity index (χ1n) is 11.8. The van der Waals surface area contributed by atoms with E-state index in [9.17, 15) is 28.7 Å². The SMILES string of the molecule is O=C(CS(=O)c1ccc([N+](=O)[O-])cc1)[C@@H]1CCCN1C(=O)[C@@H]1CCCN1C(=O)OCc1ccccc1. The average Bonchev–Trinajstić information content (AvgIpc) is 3.58. The minimum Gasteiger partial charge on any atom is -0.445 e. The fourth-order valence-electron chi connectivity index (χ4n) is 4.63. The van der Waals surface area contributed by atoms with Gasteiger partial charge in [-0.2, -0.15) is 0 Å². The summed E-state index contributed by atoms with van der Waals surface area (Å²) in [6.07, 6.45) is 1.69. The van der Waals surface area contributed by atoms with Crippen molar-refractivity contribution in [3.05, 3.63) is 70.3 Å². The molecule has 2 heterocycles. The number of nitro groups is 1. The van der Waals surface area contributed by atoms with Crippen LogP contribution in [-0.2, 0) is 31.7 Å². The predicted molar refractivity (Wildman–Crippen MR) is 130 cm³/mol. The lowest BCUT2D eigenvalue weighted by molar-refractivity contribution is -0.384. The third kappa shape index (κ3) is 5.78. The first kappa shape index (κ1) is 25.5. The summed E-state index contributed by atoms with van der Waals surface area (Å²) in [5, 5.41) is 10.8. The van der Waals surface area contributed by atoms with Crippen molar-refractivity contribution in [1.82, 2.24) is 9.80 Å². The van der Waals surface area contributed by atoms with Gasteiger partial charge < -0.3 is 9.64 Å². The van der Waals surface area contributed by atoms with E-state index in [4.69, 9.17) is 4.74 Å². The van der Waals surface area contributed by atoms with E-state index in [2.05, 4.69) is 0 Å². The molecule has 0 aliphatic carbocycles. The van der Waals surface area contributed by atoms with Crippen LogP contribution in [0.4, 0.5) is 10.5 Å². The Bertz CT molecular complexity index is 1160. The van der Waals surface area contributed by atoms with E-state index in [1.165, 1.54) is 34.1 Å². The summed E-state index contributed by atoms with van der Waals surface area (Å²) in [6.45, 7) is 0.903. The number of hydrogen-bond donors (Lipinski definition) is 0. The highest BCUT2D eigenvalue weighted by Crippen LogP contribution is 2.26. The molecule has 1 unspecified atom stereocenters. The number of carbonyl (C=O) groups is 3. The quantitative estimate of drug-likeness (QED) is 0.392. The van der Waals surface area contributed by atoms with Gasteiger partial charge in [-0.1, -0.05) is 30.3 Å². The highest BCUT2D eigenvalue weighted by atomic mass is 32.2. The van der Waals surface area contributed by atoms with E-state index in [1.54, 1.807) is 0 Å². The molecule has 2 aromatic carbocycles. The second-order valence-corrected chi connectivity index (χ2v) is 10.2. The Hall–Kier alpha value is -3.60. The van der Waals surface area contributed by atoms with E-state index in [1.807, 2.05) is 30.3 Å². The molecule has 2 aromatic rings. The summed E-state index contributed by atoms with van der Waals surface area (Å²) < 4.78 is 18.1. The van der Waals surface area contributed by atoms with Crippen LogP contribution < -0.4 is 0 Å². The van der Waals surface area contributed by atoms with Crippen LogP contribution >= 0.6 is 0 Å². The number of likely N-dealkylation sites (tertiary alicyclic amines) is 2. The molecular weight excluding hydrogens is 486 g/mol. The van der Waals surface area contributed by atoms with Crippen LogP contribution in [0.15, 0.2) is 59.5 Å². The number of hydrogen-bond acceptors (Lipinski definition) is 7. The maximum Gasteiger partial charge on any atom is 0.410 e. The maximum absolute atomic E-state index is 13.4. The summed E-state index contributed by atoms with van der Waals surface area (Å²) in [7, 11) is -1.69. The second kappa shape index (κ2) is 11.4. The molecule has 11 heteroatoms. The van der Waals surface area contributed by atoms with Gasteiger partial charge in [0.2, 0.25) is 5.91 Å². The van der Waals surface area contributed by atoms with Gasteiger partial charge in [0.05, 0.1) is 27.5 Å². The Morgan fingerprint density at radius 2 is 1.58 bits per heavy atom. The smallest absolute Gasteiger partial charge is 0.410 e. The Morgan fingerprint density at radius 1 is 0.944 bits per heavy atom. The van der Waals surface area contributed by atoms with Crippen molar-refractivity contribution in [2.75, 3.05) is 18.8 Å². The molecule has 10 nitrogen and oxygen atoms in total. The predicted octanol–water partition coefficient (Wildman–Crippen LogP) is 3.06. The van der Waals surface area contributed by atoms with Gasteiger partial charge in [0.1, 0.15) is 12.6 Å². The van der Waals surface area contributed by atoms with Gasteiger partial charge in [-0.05, 0) is 43.4 Å². The lowest BCUT2D eigenvalue weighted by Crippen LogP contribution is -2.51. The number of nitrogens with zero attached hydrogens (tertiary/aromatic N) is 3. The highest BCUT2D eigenvalue weighted by Gasteiger charge is 2.42. The molecule has 36 heavy (non-hydrogen) atoms. The largest absolute Gasteiger partial charge is 0.445 e. The molecule has 0 saturated carbocycles. The van der Waals surface area contributed by atoms with Crippen molar-refractivity contribution in [1.29, 1.82) is 0 Å². The molecule has 0 bridgehead atoms. The van der Waals surface area contributed by atoms with Crippen molar-refractivity contribution in [3.63, 3.8) is 0 Å². The van der Waals surface area contributed by atoms with Crippen LogP contribution in [0.25, 0.3) is 0 Å². The molecule has 2 saturated heterocycles. The van der Waals surface area contributed by atoms with Crippen molar-refractivity contribution in [3.8, 4) is 0 Å². The first-order chi connectivity index (χ1) is 17.3.